The van der Waals surface area contributed by atoms with E-state index in [0.29, 0.717) is 37.6 Å². The van der Waals surface area contributed by atoms with E-state index < -0.39 is 16.4 Å². The molecule has 0 spiro atoms. The van der Waals surface area contributed by atoms with Crippen molar-refractivity contribution < 1.29 is 23.8 Å². The van der Waals surface area contributed by atoms with Crippen molar-refractivity contribution in [3.8, 4) is 5.75 Å². The van der Waals surface area contributed by atoms with Crippen LogP contribution in [0.5, 0.6) is 5.75 Å². The molecule has 192 valence electrons. The minimum absolute atomic E-state index is 0.0883. The Balaban J connectivity index is 1.38. The quantitative estimate of drug-likeness (QED) is 0.488. The summed E-state index contributed by atoms with van der Waals surface area (Å²) in [5.41, 5.74) is -0.127. The average Bonchev–Trinajstić information content (AvgIpc) is 3.18. The van der Waals surface area contributed by atoms with Gasteiger partial charge in [-0.15, -0.1) is 0 Å². The molecule has 2 aliphatic heterocycles. The molecule has 2 heterocycles. The van der Waals surface area contributed by atoms with Gasteiger partial charge in [-0.25, -0.2) is 0 Å². The van der Waals surface area contributed by atoms with Crippen molar-refractivity contribution in [2.45, 2.75) is 64.3 Å². The minimum atomic E-state index is -1.10. The molecule has 5 rings (SSSR count). The lowest BCUT2D eigenvalue weighted by atomic mass is 9.66. The largest absolute Gasteiger partial charge is 0.497 e. The summed E-state index contributed by atoms with van der Waals surface area (Å²) in [5.74, 6) is 0.573. The van der Waals surface area contributed by atoms with E-state index in [0.717, 1.165) is 23.3 Å². The zero-order chi connectivity index (χ0) is 25.7. The molecule has 7 heteroatoms. The van der Waals surface area contributed by atoms with Crippen LogP contribution >= 0.6 is 11.6 Å². The number of hydrogen-bond donors (Lipinski definition) is 0. The lowest BCUT2D eigenvalue weighted by Gasteiger charge is -2.44. The van der Waals surface area contributed by atoms with Gasteiger partial charge in [0.15, 0.2) is 5.60 Å². The molecule has 3 fully saturated rings. The standard InChI is InChI=1S/C29H34ClNO5/c1-27(2)28(3)14-15-29(27,36-26(28)33)25(32)31-16-13-23(20-7-9-21(30)10-8-20)24(17-31)35-18-19-5-11-22(34-4)12-6-19/h5-12,23-24H,13-18H2,1-4H3/t23-,24+,28-,29+/m0/s1. The van der Waals surface area contributed by atoms with Crippen molar-refractivity contribution in [2.24, 2.45) is 10.8 Å². The van der Waals surface area contributed by atoms with Crippen LogP contribution in [0.15, 0.2) is 48.5 Å². The number of likely N-dealkylation sites (tertiary alicyclic amines) is 1. The maximum absolute atomic E-state index is 14.0. The van der Waals surface area contributed by atoms with Gasteiger partial charge in [-0.3, -0.25) is 9.59 Å². The number of fused-ring (bicyclic) bond motifs is 2. The normalized spacial score (nSPS) is 30.8. The van der Waals surface area contributed by atoms with Crippen LogP contribution in [0, 0.1) is 10.8 Å². The maximum atomic E-state index is 14.0. The van der Waals surface area contributed by atoms with Crippen LogP contribution in [0.2, 0.25) is 5.02 Å². The summed E-state index contributed by atoms with van der Waals surface area (Å²) in [6.07, 6.45) is 1.77. The Morgan fingerprint density at radius 2 is 1.78 bits per heavy atom. The zero-order valence-electron chi connectivity index (χ0n) is 21.4. The number of methoxy groups -OCH3 is 1. The predicted octanol–water partition coefficient (Wildman–Crippen LogP) is 5.37. The van der Waals surface area contributed by atoms with Crippen LogP contribution in [0.3, 0.4) is 0 Å². The van der Waals surface area contributed by atoms with Crippen LogP contribution < -0.4 is 4.74 Å². The Morgan fingerprint density at radius 3 is 2.36 bits per heavy atom. The molecule has 2 bridgehead atoms. The van der Waals surface area contributed by atoms with Gasteiger partial charge in [0.05, 0.1) is 25.2 Å². The smallest absolute Gasteiger partial charge is 0.313 e. The number of rotatable bonds is 6. The highest BCUT2D eigenvalue weighted by atomic mass is 35.5. The van der Waals surface area contributed by atoms with E-state index in [4.69, 9.17) is 25.8 Å². The lowest BCUT2D eigenvalue weighted by Crippen LogP contribution is -2.58. The predicted molar refractivity (Wildman–Crippen MR) is 137 cm³/mol. The fourth-order valence-corrected chi connectivity index (χ4v) is 6.39. The van der Waals surface area contributed by atoms with E-state index in [1.165, 1.54) is 0 Å². The third-order valence-electron chi connectivity index (χ3n) is 9.20. The topological polar surface area (TPSA) is 65.1 Å². The molecule has 1 aliphatic carbocycles. The third kappa shape index (κ3) is 3.81. The highest BCUT2D eigenvalue weighted by molar-refractivity contribution is 6.30. The second-order valence-electron chi connectivity index (χ2n) is 11.1. The zero-order valence-corrected chi connectivity index (χ0v) is 22.1. The second kappa shape index (κ2) is 9.07. The molecule has 3 aliphatic rings. The summed E-state index contributed by atoms with van der Waals surface area (Å²) >= 11 is 6.14. The number of hydrogen-bond acceptors (Lipinski definition) is 5. The number of carbonyl (C=O) groups excluding carboxylic acids is 2. The molecule has 36 heavy (non-hydrogen) atoms. The molecular weight excluding hydrogens is 478 g/mol. The highest BCUT2D eigenvalue weighted by Crippen LogP contribution is 2.66. The van der Waals surface area contributed by atoms with Crippen molar-refractivity contribution in [1.29, 1.82) is 0 Å². The number of ether oxygens (including phenoxy) is 3. The van der Waals surface area contributed by atoms with Crippen molar-refractivity contribution in [3.63, 3.8) is 0 Å². The van der Waals surface area contributed by atoms with Gasteiger partial charge in [0.2, 0.25) is 0 Å². The number of nitrogens with zero attached hydrogens (tertiary/aromatic N) is 1. The SMILES string of the molecule is COc1ccc(CO[C@@H]2CN(C(=O)[C@@]34CC[C@@](C)(C(=O)O3)C4(C)C)CC[C@H]2c2ccc(Cl)cc2)cc1. The number of halogens is 1. The van der Waals surface area contributed by atoms with Gasteiger partial charge in [-0.2, -0.15) is 0 Å². The van der Waals surface area contributed by atoms with E-state index in [1.807, 2.05) is 74.2 Å². The number of benzene rings is 2. The van der Waals surface area contributed by atoms with Gasteiger partial charge in [0.1, 0.15) is 5.75 Å². The number of carbonyl (C=O) groups is 2. The molecule has 2 aromatic carbocycles. The van der Waals surface area contributed by atoms with Crippen molar-refractivity contribution >= 4 is 23.5 Å². The van der Waals surface area contributed by atoms with E-state index in [9.17, 15) is 9.59 Å². The fourth-order valence-electron chi connectivity index (χ4n) is 6.26. The Kier molecular flexibility index (Phi) is 6.32. The van der Waals surface area contributed by atoms with Crippen LogP contribution in [0.1, 0.15) is 57.1 Å². The molecule has 2 aromatic rings. The van der Waals surface area contributed by atoms with Crippen LogP contribution in [0.4, 0.5) is 0 Å². The number of piperidine rings is 1. The van der Waals surface area contributed by atoms with Crippen molar-refractivity contribution in [2.75, 3.05) is 20.2 Å². The second-order valence-corrected chi connectivity index (χ2v) is 11.5. The highest BCUT2D eigenvalue weighted by Gasteiger charge is 2.76. The third-order valence-corrected chi connectivity index (χ3v) is 9.45. The van der Waals surface area contributed by atoms with Gasteiger partial charge in [-0.1, -0.05) is 49.7 Å². The van der Waals surface area contributed by atoms with E-state index in [-0.39, 0.29) is 23.9 Å². The minimum Gasteiger partial charge on any atom is -0.497 e. The van der Waals surface area contributed by atoms with E-state index in [1.54, 1.807) is 7.11 Å². The van der Waals surface area contributed by atoms with Gasteiger partial charge < -0.3 is 19.1 Å². The number of esters is 1. The molecular formula is C29H34ClNO5. The first-order valence-electron chi connectivity index (χ1n) is 12.6. The summed E-state index contributed by atoms with van der Waals surface area (Å²) in [5, 5.41) is 0.690. The van der Waals surface area contributed by atoms with Crippen LogP contribution in [0.25, 0.3) is 0 Å². The summed E-state index contributed by atoms with van der Waals surface area (Å²) in [6.45, 7) is 7.38. The monoisotopic (exact) mass is 511 g/mol. The Morgan fingerprint density at radius 1 is 1.08 bits per heavy atom. The van der Waals surface area contributed by atoms with Crippen LogP contribution in [-0.2, 0) is 25.7 Å². The van der Waals surface area contributed by atoms with E-state index in [2.05, 4.69) is 0 Å². The van der Waals surface area contributed by atoms with Crippen molar-refractivity contribution in [1.82, 2.24) is 4.90 Å². The fraction of sp³-hybridized carbons (Fsp3) is 0.517. The average molecular weight is 512 g/mol. The first kappa shape index (κ1) is 25.1. The molecule has 4 atom stereocenters. The van der Waals surface area contributed by atoms with Crippen LogP contribution in [-0.4, -0.2) is 48.7 Å². The molecule has 0 unspecified atom stereocenters. The summed E-state index contributed by atoms with van der Waals surface area (Å²) in [7, 11) is 1.64. The van der Waals surface area contributed by atoms with Gasteiger partial charge in [0.25, 0.3) is 5.91 Å². The molecule has 1 saturated carbocycles. The molecule has 6 nitrogen and oxygen atoms in total. The van der Waals surface area contributed by atoms with Gasteiger partial charge in [0, 0.05) is 29.4 Å². The molecule has 0 radical (unpaired) electrons. The molecule has 0 N–H and O–H groups in total. The molecule has 2 saturated heterocycles. The summed E-state index contributed by atoms with van der Waals surface area (Å²) in [4.78, 5) is 28.6. The first-order valence-corrected chi connectivity index (χ1v) is 13.0. The Labute approximate surface area is 217 Å². The summed E-state index contributed by atoms with van der Waals surface area (Å²) in [6, 6.07) is 15.7. The maximum Gasteiger partial charge on any atom is 0.313 e. The number of amides is 1. The summed E-state index contributed by atoms with van der Waals surface area (Å²) < 4.78 is 17.6. The van der Waals surface area contributed by atoms with E-state index >= 15 is 0 Å². The lowest BCUT2D eigenvalue weighted by molar-refractivity contribution is -0.176. The van der Waals surface area contributed by atoms with Crippen molar-refractivity contribution in [3.05, 3.63) is 64.7 Å². The Hall–Kier alpha value is -2.57. The van der Waals surface area contributed by atoms with Gasteiger partial charge >= 0.3 is 5.97 Å². The molecule has 1 amide bonds. The first-order chi connectivity index (χ1) is 17.1. The molecule has 0 aromatic heterocycles. The Bertz CT molecular complexity index is 1150. The van der Waals surface area contributed by atoms with Gasteiger partial charge in [-0.05, 0) is 61.6 Å².